The molecule has 1 aromatic rings. The fraction of sp³-hybridized carbons (Fsp3) is 0.733. The molecule has 112 valence electrons. The first-order valence-corrected chi connectivity index (χ1v) is 8.32. The van der Waals surface area contributed by atoms with Crippen molar-refractivity contribution in [1.82, 2.24) is 9.27 Å². The SMILES string of the molecule is CC(=O)c1c(C)nsc1NCCCN1CCCCC1C. The third kappa shape index (κ3) is 3.79. The number of hydrogen-bond acceptors (Lipinski definition) is 5. The highest BCUT2D eigenvalue weighted by Gasteiger charge is 2.18. The van der Waals surface area contributed by atoms with E-state index in [4.69, 9.17) is 0 Å². The average Bonchev–Trinajstić information content (AvgIpc) is 2.78. The minimum Gasteiger partial charge on any atom is -0.375 e. The Hall–Kier alpha value is -0.940. The van der Waals surface area contributed by atoms with Crippen molar-refractivity contribution in [3.63, 3.8) is 0 Å². The maximum Gasteiger partial charge on any atom is 0.164 e. The summed E-state index contributed by atoms with van der Waals surface area (Å²) in [5.41, 5.74) is 1.61. The van der Waals surface area contributed by atoms with Gasteiger partial charge in [-0.25, -0.2) is 0 Å². The minimum atomic E-state index is 0.100. The summed E-state index contributed by atoms with van der Waals surface area (Å²) in [5.74, 6) is 0.100. The van der Waals surface area contributed by atoms with E-state index < -0.39 is 0 Å². The summed E-state index contributed by atoms with van der Waals surface area (Å²) >= 11 is 1.40. The fourth-order valence-electron chi connectivity index (χ4n) is 2.88. The highest BCUT2D eigenvalue weighted by Crippen LogP contribution is 2.24. The molecule has 0 aromatic carbocycles. The van der Waals surface area contributed by atoms with Gasteiger partial charge in [-0.3, -0.25) is 4.79 Å². The Morgan fingerprint density at radius 3 is 3.00 bits per heavy atom. The molecule has 4 nitrogen and oxygen atoms in total. The van der Waals surface area contributed by atoms with E-state index in [-0.39, 0.29) is 5.78 Å². The molecule has 5 heteroatoms. The monoisotopic (exact) mass is 295 g/mol. The number of likely N-dealkylation sites (tertiary alicyclic amines) is 1. The Labute approximate surface area is 125 Å². The first kappa shape index (κ1) is 15.4. The number of nitrogens with zero attached hydrogens (tertiary/aromatic N) is 2. The second kappa shape index (κ2) is 7.18. The molecule has 1 saturated heterocycles. The number of rotatable bonds is 6. The topological polar surface area (TPSA) is 45.2 Å². The predicted molar refractivity (Wildman–Crippen MR) is 84.8 cm³/mol. The molecular formula is C15H25N3OS. The van der Waals surface area contributed by atoms with Crippen molar-refractivity contribution in [2.24, 2.45) is 0 Å². The van der Waals surface area contributed by atoms with Crippen molar-refractivity contribution in [2.75, 3.05) is 25.0 Å². The Balaban J connectivity index is 1.77. The molecule has 20 heavy (non-hydrogen) atoms. The molecule has 1 atom stereocenters. The van der Waals surface area contributed by atoms with E-state index in [1.165, 1.54) is 37.3 Å². The highest BCUT2D eigenvalue weighted by atomic mass is 32.1. The van der Waals surface area contributed by atoms with Gasteiger partial charge in [-0.15, -0.1) is 0 Å². The van der Waals surface area contributed by atoms with E-state index in [0.29, 0.717) is 0 Å². The van der Waals surface area contributed by atoms with Crippen molar-refractivity contribution < 1.29 is 4.79 Å². The lowest BCUT2D eigenvalue weighted by Gasteiger charge is -2.33. The van der Waals surface area contributed by atoms with Gasteiger partial charge in [0.1, 0.15) is 5.00 Å². The summed E-state index contributed by atoms with van der Waals surface area (Å²) < 4.78 is 4.27. The highest BCUT2D eigenvalue weighted by molar-refractivity contribution is 7.10. The number of hydrogen-bond donors (Lipinski definition) is 1. The van der Waals surface area contributed by atoms with Gasteiger partial charge in [-0.1, -0.05) is 6.42 Å². The van der Waals surface area contributed by atoms with Crippen LogP contribution in [0.4, 0.5) is 5.00 Å². The maximum atomic E-state index is 11.6. The Morgan fingerprint density at radius 2 is 2.30 bits per heavy atom. The van der Waals surface area contributed by atoms with Crippen LogP contribution >= 0.6 is 11.5 Å². The lowest BCUT2D eigenvalue weighted by molar-refractivity contribution is 0.101. The predicted octanol–water partition coefficient (Wildman–Crippen LogP) is 3.33. The zero-order chi connectivity index (χ0) is 14.5. The molecule has 1 aromatic heterocycles. The van der Waals surface area contributed by atoms with E-state index in [1.54, 1.807) is 6.92 Å². The first-order chi connectivity index (χ1) is 9.59. The van der Waals surface area contributed by atoms with Gasteiger partial charge in [0.05, 0.1) is 11.3 Å². The molecule has 0 radical (unpaired) electrons. The van der Waals surface area contributed by atoms with Gasteiger partial charge in [0, 0.05) is 19.1 Å². The summed E-state index contributed by atoms with van der Waals surface area (Å²) in [6, 6.07) is 0.724. The van der Waals surface area contributed by atoms with Crippen LogP contribution in [0.3, 0.4) is 0 Å². The number of ketones is 1. The molecule has 0 aliphatic carbocycles. The number of anilines is 1. The van der Waals surface area contributed by atoms with Crippen molar-refractivity contribution in [3.8, 4) is 0 Å². The van der Waals surface area contributed by atoms with Crippen LogP contribution in [-0.2, 0) is 0 Å². The van der Waals surface area contributed by atoms with Gasteiger partial charge in [0.2, 0.25) is 0 Å². The van der Waals surface area contributed by atoms with Crippen LogP contribution < -0.4 is 5.32 Å². The van der Waals surface area contributed by atoms with Crippen molar-refractivity contribution in [3.05, 3.63) is 11.3 Å². The molecule has 1 fully saturated rings. The van der Waals surface area contributed by atoms with Gasteiger partial charge in [0.25, 0.3) is 0 Å². The number of aryl methyl sites for hydroxylation is 1. The van der Waals surface area contributed by atoms with Crippen molar-refractivity contribution >= 4 is 22.3 Å². The molecule has 1 N–H and O–H groups in total. The van der Waals surface area contributed by atoms with Crippen molar-refractivity contribution in [2.45, 2.75) is 52.5 Å². The molecular weight excluding hydrogens is 270 g/mol. The fourth-order valence-corrected chi connectivity index (χ4v) is 3.75. The lowest BCUT2D eigenvalue weighted by atomic mass is 10.0. The standard InChI is InChI=1S/C15H25N3OS/c1-11-7-4-5-9-18(11)10-6-8-16-15-14(13(3)19)12(2)17-20-15/h11,16H,4-10H2,1-3H3. The molecule has 0 bridgehead atoms. The van der Waals surface area contributed by atoms with E-state index >= 15 is 0 Å². The van der Waals surface area contributed by atoms with Crippen LogP contribution in [0.5, 0.6) is 0 Å². The van der Waals surface area contributed by atoms with Gasteiger partial charge >= 0.3 is 0 Å². The largest absolute Gasteiger partial charge is 0.375 e. The summed E-state index contributed by atoms with van der Waals surface area (Å²) in [6.45, 7) is 9.12. The second-order valence-electron chi connectivity index (χ2n) is 5.69. The van der Waals surface area contributed by atoms with E-state index in [0.717, 1.165) is 41.8 Å². The number of piperidine rings is 1. The quantitative estimate of drug-likeness (QED) is 0.646. The van der Waals surface area contributed by atoms with Gasteiger partial charge in [-0.05, 0) is 58.1 Å². The van der Waals surface area contributed by atoms with Crippen LogP contribution in [0.15, 0.2) is 0 Å². The lowest BCUT2D eigenvalue weighted by Crippen LogP contribution is -2.38. The molecule has 1 aliphatic heterocycles. The van der Waals surface area contributed by atoms with Crippen LogP contribution in [-0.4, -0.2) is 40.7 Å². The number of nitrogens with one attached hydrogen (secondary N) is 1. The summed E-state index contributed by atoms with van der Waals surface area (Å²) in [4.78, 5) is 14.2. The Kier molecular flexibility index (Phi) is 5.54. The molecule has 1 aliphatic rings. The summed E-state index contributed by atoms with van der Waals surface area (Å²) in [7, 11) is 0. The normalized spacial score (nSPS) is 20.1. The number of carbonyl (C=O) groups excluding carboxylic acids is 1. The number of aromatic nitrogens is 1. The molecule has 2 rings (SSSR count). The summed E-state index contributed by atoms with van der Waals surface area (Å²) in [6.07, 6.45) is 5.15. The Bertz CT molecular complexity index is 458. The molecule has 1 unspecified atom stereocenters. The second-order valence-corrected chi connectivity index (χ2v) is 6.46. The average molecular weight is 295 g/mol. The number of carbonyl (C=O) groups is 1. The van der Waals surface area contributed by atoms with Crippen LogP contribution in [0, 0.1) is 6.92 Å². The number of Topliss-reactive ketones (excluding diaryl/α,β-unsaturated/α-hetero) is 1. The first-order valence-electron chi connectivity index (χ1n) is 7.54. The smallest absolute Gasteiger partial charge is 0.164 e. The van der Waals surface area contributed by atoms with Gasteiger partial charge < -0.3 is 10.2 Å². The third-order valence-corrected chi connectivity index (χ3v) is 4.96. The van der Waals surface area contributed by atoms with Crippen LogP contribution in [0.25, 0.3) is 0 Å². The summed E-state index contributed by atoms with van der Waals surface area (Å²) in [5, 5.41) is 4.31. The van der Waals surface area contributed by atoms with Gasteiger partial charge in [0.15, 0.2) is 5.78 Å². The maximum absolute atomic E-state index is 11.6. The van der Waals surface area contributed by atoms with E-state index in [9.17, 15) is 4.79 Å². The minimum absolute atomic E-state index is 0.100. The van der Waals surface area contributed by atoms with E-state index in [2.05, 4.69) is 21.5 Å². The van der Waals surface area contributed by atoms with Crippen LogP contribution in [0.2, 0.25) is 0 Å². The third-order valence-electron chi connectivity index (χ3n) is 4.06. The van der Waals surface area contributed by atoms with Crippen molar-refractivity contribution in [1.29, 1.82) is 0 Å². The van der Waals surface area contributed by atoms with E-state index in [1.807, 2.05) is 6.92 Å². The Morgan fingerprint density at radius 1 is 1.50 bits per heavy atom. The zero-order valence-electron chi connectivity index (χ0n) is 12.7. The molecule has 0 saturated carbocycles. The van der Waals surface area contributed by atoms with Gasteiger partial charge in [-0.2, -0.15) is 4.37 Å². The molecule has 0 spiro atoms. The molecule has 0 amide bonds. The van der Waals surface area contributed by atoms with Crippen LogP contribution in [0.1, 0.15) is 55.6 Å². The molecule has 2 heterocycles. The zero-order valence-corrected chi connectivity index (χ0v) is 13.6.